The third-order valence-electron chi connectivity index (χ3n) is 3.98. The Labute approximate surface area is 127 Å². The predicted octanol–water partition coefficient (Wildman–Crippen LogP) is 0.850. The lowest BCUT2D eigenvalue weighted by molar-refractivity contribution is -0.130. The lowest BCUT2D eigenvalue weighted by atomic mass is 10.2. The van der Waals surface area contributed by atoms with Crippen LogP contribution in [-0.4, -0.2) is 72.4 Å². The molecule has 0 spiro atoms. The van der Waals surface area contributed by atoms with Crippen LogP contribution in [0.3, 0.4) is 0 Å². The van der Waals surface area contributed by atoms with Crippen molar-refractivity contribution in [1.82, 2.24) is 19.7 Å². The number of hydrogen-bond donors (Lipinski definition) is 0. The Balaban J connectivity index is 1.77. The van der Waals surface area contributed by atoms with Crippen molar-refractivity contribution in [1.29, 1.82) is 0 Å². The van der Waals surface area contributed by atoms with Crippen molar-refractivity contribution in [2.75, 3.05) is 46.8 Å². The van der Waals surface area contributed by atoms with Crippen LogP contribution < -0.4 is 0 Å². The van der Waals surface area contributed by atoms with Gasteiger partial charge in [0.2, 0.25) is 5.91 Å². The topological polar surface area (TPSA) is 39.7 Å². The molecule has 1 saturated heterocycles. The maximum Gasteiger partial charge on any atom is 0.236 e. The quantitative estimate of drug-likeness (QED) is 0.806. The molecule has 0 aliphatic carbocycles. The van der Waals surface area contributed by atoms with E-state index in [1.807, 2.05) is 20.3 Å². The van der Waals surface area contributed by atoms with E-state index in [9.17, 15) is 4.79 Å². The summed E-state index contributed by atoms with van der Waals surface area (Å²) in [5.74, 6) is 0.183. The first kappa shape index (κ1) is 15.9. The third kappa shape index (κ3) is 4.79. The summed E-state index contributed by atoms with van der Waals surface area (Å²) in [6, 6.07) is 4.29. The van der Waals surface area contributed by atoms with Crippen LogP contribution in [0.1, 0.15) is 18.2 Å². The van der Waals surface area contributed by atoms with E-state index >= 15 is 0 Å². The van der Waals surface area contributed by atoms with Crippen LogP contribution in [0.4, 0.5) is 0 Å². The van der Waals surface area contributed by atoms with Gasteiger partial charge in [-0.2, -0.15) is 0 Å². The van der Waals surface area contributed by atoms with Gasteiger partial charge in [-0.3, -0.25) is 19.6 Å². The number of aryl methyl sites for hydroxylation is 1. The van der Waals surface area contributed by atoms with Crippen LogP contribution in [0.25, 0.3) is 0 Å². The summed E-state index contributed by atoms with van der Waals surface area (Å²) < 4.78 is 0. The monoisotopic (exact) mass is 290 g/mol. The van der Waals surface area contributed by atoms with Crippen molar-refractivity contribution >= 4 is 5.91 Å². The van der Waals surface area contributed by atoms with Gasteiger partial charge in [0.05, 0.1) is 6.54 Å². The summed E-state index contributed by atoms with van der Waals surface area (Å²) in [4.78, 5) is 22.5. The highest BCUT2D eigenvalue weighted by Gasteiger charge is 2.19. The zero-order chi connectivity index (χ0) is 15.2. The first-order valence-corrected chi connectivity index (χ1v) is 7.67. The largest absolute Gasteiger partial charge is 0.348 e. The summed E-state index contributed by atoms with van der Waals surface area (Å²) in [5, 5.41) is 0. The zero-order valence-corrected chi connectivity index (χ0v) is 13.4. The predicted molar refractivity (Wildman–Crippen MR) is 84.0 cm³/mol. The van der Waals surface area contributed by atoms with Crippen molar-refractivity contribution in [3.05, 3.63) is 29.6 Å². The van der Waals surface area contributed by atoms with Crippen LogP contribution >= 0.6 is 0 Å². The Bertz CT molecular complexity index is 450. The van der Waals surface area contributed by atoms with Gasteiger partial charge >= 0.3 is 0 Å². The molecule has 1 amide bonds. The molecule has 21 heavy (non-hydrogen) atoms. The molecule has 2 heterocycles. The second-order valence-electron chi connectivity index (χ2n) is 5.85. The molecule has 5 nitrogen and oxygen atoms in total. The molecule has 0 N–H and O–H groups in total. The molecule has 0 atom stereocenters. The SMILES string of the molecule is CCc1ccc(CN2CCN(CC(=O)N(C)C)CC2)cn1. The first-order valence-electron chi connectivity index (χ1n) is 7.67. The van der Waals surface area contributed by atoms with Crippen LogP contribution in [0.15, 0.2) is 18.3 Å². The van der Waals surface area contributed by atoms with Crippen molar-refractivity contribution in [3.63, 3.8) is 0 Å². The van der Waals surface area contributed by atoms with Crippen molar-refractivity contribution in [2.24, 2.45) is 0 Å². The minimum absolute atomic E-state index is 0.183. The molecule has 0 aromatic carbocycles. The molecule has 0 bridgehead atoms. The van der Waals surface area contributed by atoms with Gasteiger partial charge in [0.15, 0.2) is 0 Å². The number of aromatic nitrogens is 1. The van der Waals surface area contributed by atoms with Gasteiger partial charge in [0, 0.05) is 58.7 Å². The molecule has 0 unspecified atom stereocenters. The van der Waals surface area contributed by atoms with E-state index in [1.165, 1.54) is 5.56 Å². The number of piperazine rings is 1. The second-order valence-corrected chi connectivity index (χ2v) is 5.85. The molecular weight excluding hydrogens is 264 g/mol. The fourth-order valence-corrected chi connectivity index (χ4v) is 2.45. The lowest BCUT2D eigenvalue weighted by Crippen LogP contribution is -2.48. The third-order valence-corrected chi connectivity index (χ3v) is 3.98. The van der Waals surface area contributed by atoms with Crippen molar-refractivity contribution < 1.29 is 4.79 Å². The highest BCUT2D eigenvalue weighted by atomic mass is 16.2. The van der Waals surface area contributed by atoms with E-state index in [-0.39, 0.29) is 5.91 Å². The first-order chi connectivity index (χ1) is 10.1. The summed E-state index contributed by atoms with van der Waals surface area (Å²) >= 11 is 0. The highest BCUT2D eigenvalue weighted by Crippen LogP contribution is 2.09. The number of pyridine rings is 1. The van der Waals surface area contributed by atoms with Crippen molar-refractivity contribution in [3.8, 4) is 0 Å². The summed E-state index contributed by atoms with van der Waals surface area (Å²) in [5.41, 5.74) is 2.41. The molecule has 1 aliphatic heterocycles. The number of carbonyl (C=O) groups excluding carboxylic acids is 1. The zero-order valence-electron chi connectivity index (χ0n) is 13.4. The van der Waals surface area contributed by atoms with Gasteiger partial charge in [-0.05, 0) is 18.1 Å². The van der Waals surface area contributed by atoms with Crippen LogP contribution in [0.2, 0.25) is 0 Å². The van der Waals surface area contributed by atoms with E-state index in [4.69, 9.17) is 0 Å². The molecule has 1 fully saturated rings. The van der Waals surface area contributed by atoms with E-state index < -0.39 is 0 Å². The van der Waals surface area contributed by atoms with E-state index in [0.717, 1.165) is 44.8 Å². The smallest absolute Gasteiger partial charge is 0.236 e. The molecule has 1 aromatic rings. The number of hydrogen-bond acceptors (Lipinski definition) is 4. The number of carbonyl (C=O) groups is 1. The number of rotatable bonds is 5. The fraction of sp³-hybridized carbons (Fsp3) is 0.625. The van der Waals surface area contributed by atoms with E-state index in [2.05, 4.69) is 33.8 Å². The van der Waals surface area contributed by atoms with Gasteiger partial charge in [-0.15, -0.1) is 0 Å². The van der Waals surface area contributed by atoms with E-state index in [0.29, 0.717) is 6.54 Å². The Kier molecular flexibility index (Phi) is 5.70. The number of nitrogens with zero attached hydrogens (tertiary/aromatic N) is 4. The molecule has 116 valence electrons. The Morgan fingerprint density at radius 2 is 1.86 bits per heavy atom. The molecule has 5 heteroatoms. The van der Waals surface area contributed by atoms with Crippen LogP contribution in [-0.2, 0) is 17.8 Å². The molecule has 0 saturated carbocycles. The second kappa shape index (κ2) is 7.52. The van der Waals surface area contributed by atoms with E-state index in [1.54, 1.807) is 4.90 Å². The van der Waals surface area contributed by atoms with Gasteiger partial charge in [-0.1, -0.05) is 13.0 Å². The standard InChI is InChI=1S/C16H26N4O/c1-4-15-6-5-14(11-17-15)12-19-7-9-20(10-8-19)13-16(21)18(2)3/h5-6,11H,4,7-10,12-13H2,1-3H3. The molecule has 2 rings (SSSR count). The Hall–Kier alpha value is -1.46. The number of amides is 1. The molecule has 0 radical (unpaired) electrons. The molecule has 1 aromatic heterocycles. The highest BCUT2D eigenvalue weighted by molar-refractivity contribution is 5.77. The van der Waals surface area contributed by atoms with Gasteiger partial charge < -0.3 is 4.90 Å². The summed E-state index contributed by atoms with van der Waals surface area (Å²) in [6.07, 6.45) is 2.97. The molecular formula is C16H26N4O. The minimum atomic E-state index is 0.183. The van der Waals surface area contributed by atoms with Crippen LogP contribution in [0, 0.1) is 0 Å². The Morgan fingerprint density at radius 3 is 2.38 bits per heavy atom. The summed E-state index contributed by atoms with van der Waals surface area (Å²) in [7, 11) is 3.62. The van der Waals surface area contributed by atoms with Gasteiger partial charge in [0.25, 0.3) is 0 Å². The summed E-state index contributed by atoms with van der Waals surface area (Å²) in [6.45, 7) is 7.54. The fourth-order valence-electron chi connectivity index (χ4n) is 2.45. The molecule has 1 aliphatic rings. The maximum atomic E-state index is 11.7. The van der Waals surface area contributed by atoms with Crippen LogP contribution in [0.5, 0.6) is 0 Å². The lowest BCUT2D eigenvalue weighted by Gasteiger charge is -2.34. The maximum absolute atomic E-state index is 11.7. The van der Waals surface area contributed by atoms with Gasteiger partial charge in [0.1, 0.15) is 0 Å². The normalized spacial score (nSPS) is 16.9. The average Bonchev–Trinajstić information content (AvgIpc) is 2.50. The average molecular weight is 290 g/mol. The van der Waals surface area contributed by atoms with Crippen molar-refractivity contribution in [2.45, 2.75) is 19.9 Å². The number of likely N-dealkylation sites (N-methyl/N-ethyl adjacent to an activating group) is 1. The minimum Gasteiger partial charge on any atom is -0.348 e. The Morgan fingerprint density at radius 1 is 1.19 bits per heavy atom. The van der Waals surface area contributed by atoms with Gasteiger partial charge in [-0.25, -0.2) is 0 Å².